The number of amides is 1. The van der Waals surface area contributed by atoms with E-state index in [0.717, 1.165) is 9.75 Å². The largest absolute Gasteiger partial charge is 0.493 e. The van der Waals surface area contributed by atoms with Crippen molar-refractivity contribution in [3.8, 4) is 11.5 Å². The summed E-state index contributed by atoms with van der Waals surface area (Å²) in [5, 5.41) is 4.39. The summed E-state index contributed by atoms with van der Waals surface area (Å²) in [6.45, 7) is 3.42. The molecule has 27 heavy (non-hydrogen) atoms. The zero-order valence-electron chi connectivity index (χ0n) is 15.1. The lowest BCUT2D eigenvalue weighted by molar-refractivity contribution is 0.0733. The Morgan fingerprint density at radius 1 is 1.11 bits per heavy atom. The summed E-state index contributed by atoms with van der Waals surface area (Å²) < 4.78 is 10.9. The molecule has 0 spiro atoms. The Bertz CT molecular complexity index is 843. The lowest BCUT2D eigenvalue weighted by atomic mass is 10.1. The second-order valence-corrected chi connectivity index (χ2v) is 8.21. The fourth-order valence-electron chi connectivity index (χ4n) is 2.69. The monoisotopic (exact) mass is 421 g/mol. The van der Waals surface area contributed by atoms with E-state index in [0.29, 0.717) is 41.8 Å². The molecule has 0 atom stereocenters. The second-order valence-electron chi connectivity index (χ2n) is 5.74. The first-order valence-corrected chi connectivity index (χ1v) is 10.6. The third kappa shape index (κ3) is 4.83. The number of hydrogen-bond acceptors (Lipinski definition) is 5. The first kappa shape index (κ1) is 19.7. The zero-order chi connectivity index (χ0) is 19.2. The molecule has 0 radical (unpaired) electrons. The first-order valence-electron chi connectivity index (χ1n) is 8.46. The number of carbonyl (C=O) groups is 1. The summed E-state index contributed by atoms with van der Waals surface area (Å²) in [4.78, 5) is 17.3. The summed E-state index contributed by atoms with van der Waals surface area (Å²) in [6.07, 6.45) is 0. The summed E-state index contributed by atoms with van der Waals surface area (Å²) in [6, 6.07) is 11.4. The number of methoxy groups -OCH3 is 1. The van der Waals surface area contributed by atoms with Crippen molar-refractivity contribution in [3.63, 3.8) is 0 Å². The normalized spacial score (nSPS) is 10.6. The average Bonchev–Trinajstić information content (AvgIpc) is 3.36. The van der Waals surface area contributed by atoms with E-state index in [1.165, 1.54) is 7.11 Å². The lowest BCUT2D eigenvalue weighted by Gasteiger charge is -2.22. The average molecular weight is 422 g/mol. The van der Waals surface area contributed by atoms with Gasteiger partial charge in [-0.3, -0.25) is 4.79 Å². The van der Waals surface area contributed by atoms with E-state index in [1.54, 1.807) is 34.8 Å². The molecule has 2 heterocycles. The number of rotatable bonds is 8. The zero-order valence-corrected chi connectivity index (χ0v) is 17.5. The van der Waals surface area contributed by atoms with Gasteiger partial charge >= 0.3 is 0 Å². The van der Waals surface area contributed by atoms with Crippen molar-refractivity contribution in [1.82, 2.24) is 4.90 Å². The molecule has 0 N–H and O–H groups in total. The number of nitrogens with zero attached hydrogens (tertiary/aromatic N) is 1. The molecule has 0 aliphatic carbocycles. The van der Waals surface area contributed by atoms with Crippen LogP contribution in [0.5, 0.6) is 11.5 Å². The molecule has 0 aliphatic heterocycles. The number of ether oxygens (including phenoxy) is 2. The van der Waals surface area contributed by atoms with Gasteiger partial charge in [0.1, 0.15) is 0 Å². The maximum Gasteiger partial charge on any atom is 0.254 e. The molecule has 0 saturated carbocycles. The van der Waals surface area contributed by atoms with E-state index in [9.17, 15) is 4.79 Å². The van der Waals surface area contributed by atoms with Crippen molar-refractivity contribution in [1.29, 1.82) is 0 Å². The van der Waals surface area contributed by atoms with Crippen molar-refractivity contribution < 1.29 is 14.3 Å². The number of benzene rings is 1. The molecule has 3 rings (SSSR count). The van der Waals surface area contributed by atoms with Crippen LogP contribution in [0.15, 0.2) is 47.2 Å². The number of carbonyl (C=O) groups excluding carboxylic acids is 1. The molecule has 7 heteroatoms. The highest BCUT2D eigenvalue weighted by Crippen LogP contribution is 2.37. The van der Waals surface area contributed by atoms with Gasteiger partial charge in [0, 0.05) is 15.3 Å². The molecular formula is C20H20ClNO3S2. The highest BCUT2D eigenvalue weighted by molar-refractivity contribution is 7.10. The van der Waals surface area contributed by atoms with E-state index in [-0.39, 0.29) is 5.91 Å². The highest BCUT2D eigenvalue weighted by atomic mass is 35.5. The Hall–Kier alpha value is -2.02. The highest BCUT2D eigenvalue weighted by Gasteiger charge is 2.21. The van der Waals surface area contributed by atoms with Crippen molar-refractivity contribution >= 4 is 40.2 Å². The topological polar surface area (TPSA) is 38.8 Å². The van der Waals surface area contributed by atoms with Crippen LogP contribution in [0.2, 0.25) is 5.02 Å². The summed E-state index contributed by atoms with van der Waals surface area (Å²) in [7, 11) is 1.54. The van der Waals surface area contributed by atoms with Crippen LogP contribution in [0.25, 0.3) is 0 Å². The molecule has 2 aromatic heterocycles. The third-order valence-electron chi connectivity index (χ3n) is 3.91. The molecule has 4 nitrogen and oxygen atoms in total. The van der Waals surface area contributed by atoms with Crippen LogP contribution in [0.1, 0.15) is 27.0 Å². The van der Waals surface area contributed by atoms with Gasteiger partial charge in [0.25, 0.3) is 5.91 Å². The Morgan fingerprint density at radius 2 is 1.74 bits per heavy atom. The first-order chi connectivity index (χ1) is 13.1. The summed E-state index contributed by atoms with van der Waals surface area (Å²) in [5.74, 6) is 0.821. The molecule has 0 bridgehead atoms. The van der Waals surface area contributed by atoms with Crippen molar-refractivity contribution in [2.75, 3.05) is 13.7 Å². The van der Waals surface area contributed by atoms with Gasteiger partial charge in [-0.1, -0.05) is 23.7 Å². The second kappa shape index (κ2) is 9.26. The van der Waals surface area contributed by atoms with Gasteiger partial charge in [-0.05, 0) is 41.9 Å². The molecule has 0 saturated heterocycles. The number of halogens is 1. The van der Waals surface area contributed by atoms with Crippen LogP contribution in [0.3, 0.4) is 0 Å². The fraction of sp³-hybridized carbons (Fsp3) is 0.250. The van der Waals surface area contributed by atoms with Gasteiger partial charge in [-0.2, -0.15) is 0 Å². The minimum atomic E-state index is -0.0972. The van der Waals surface area contributed by atoms with Crippen LogP contribution in [0, 0.1) is 0 Å². The maximum atomic E-state index is 13.3. The van der Waals surface area contributed by atoms with E-state index >= 15 is 0 Å². The summed E-state index contributed by atoms with van der Waals surface area (Å²) >= 11 is 9.62. The van der Waals surface area contributed by atoms with Crippen molar-refractivity contribution in [2.24, 2.45) is 0 Å². The third-order valence-corrected chi connectivity index (χ3v) is 5.91. The van der Waals surface area contributed by atoms with E-state index < -0.39 is 0 Å². The van der Waals surface area contributed by atoms with Gasteiger partial charge in [-0.25, -0.2) is 0 Å². The van der Waals surface area contributed by atoms with Crippen molar-refractivity contribution in [2.45, 2.75) is 20.0 Å². The lowest BCUT2D eigenvalue weighted by Crippen LogP contribution is -2.29. The smallest absolute Gasteiger partial charge is 0.254 e. The van der Waals surface area contributed by atoms with Gasteiger partial charge < -0.3 is 14.4 Å². The van der Waals surface area contributed by atoms with E-state index in [2.05, 4.69) is 0 Å². The molecule has 3 aromatic rings. The standard InChI is InChI=1S/C20H20ClNO3S2/c1-3-25-19-17(21)10-14(11-18(19)24-2)20(23)22(12-15-6-4-8-26-15)13-16-7-5-9-27-16/h4-11H,3,12-13H2,1-2H3. The van der Waals surface area contributed by atoms with E-state index in [1.807, 2.05) is 46.8 Å². The molecule has 0 aliphatic rings. The van der Waals surface area contributed by atoms with E-state index in [4.69, 9.17) is 21.1 Å². The van der Waals surface area contributed by atoms with Crippen LogP contribution in [-0.4, -0.2) is 24.5 Å². The molecule has 1 amide bonds. The molecule has 142 valence electrons. The maximum absolute atomic E-state index is 13.3. The minimum absolute atomic E-state index is 0.0972. The van der Waals surface area contributed by atoms with Gasteiger partial charge in [0.05, 0.1) is 31.8 Å². The quantitative estimate of drug-likeness (QED) is 0.467. The van der Waals surface area contributed by atoms with Gasteiger partial charge in [0.2, 0.25) is 0 Å². The Labute approximate surface area is 171 Å². The van der Waals surface area contributed by atoms with Crippen LogP contribution < -0.4 is 9.47 Å². The molecule has 0 fully saturated rings. The van der Waals surface area contributed by atoms with Crippen LogP contribution in [0.4, 0.5) is 0 Å². The minimum Gasteiger partial charge on any atom is -0.493 e. The number of hydrogen-bond donors (Lipinski definition) is 0. The molecule has 1 aromatic carbocycles. The predicted octanol–water partition coefficient (Wildman–Crippen LogP) is 5.71. The predicted molar refractivity (Wildman–Crippen MR) is 111 cm³/mol. The van der Waals surface area contributed by atoms with Gasteiger partial charge in [0.15, 0.2) is 11.5 Å². The SMILES string of the molecule is CCOc1c(Cl)cc(C(=O)N(Cc2cccs2)Cc2cccs2)cc1OC. The van der Waals surface area contributed by atoms with Gasteiger partial charge in [-0.15, -0.1) is 22.7 Å². The Balaban J connectivity index is 1.91. The number of thiophene rings is 2. The molecule has 0 unspecified atom stereocenters. The van der Waals surface area contributed by atoms with Crippen LogP contribution >= 0.6 is 34.3 Å². The fourth-order valence-corrected chi connectivity index (χ4v) is 4.40. The summed E-state index contributed by atoms with van der Waals surface area (Å²) in [5.41, 5.74) is 0.480. The molecular weight excluding hydrogens is 402 g/mol. The Kier molecular flexibility index (Phi) is 6.77. The Morgan fingerprint density at radius 3 is 2.22 bits per heavy atom. The van der Waals surface area contributed by atoms with Crippen LogP contribution in [-0.2, 0) is 13.1 Å². The van der Waals surface area contributed by atoms with Crippen molar-refractivity contribution in [3.05, 3.63) is 67.5 Å².